The van der Waals surface area contributed by atoms with Crippen molar-refractivity contribution in [2.45, 2.75) is 31.7 Å². The van der Waals surface area contributed by atoms with Crippen LogP contribution in [-0.4, -0.2) is 42.4 Å². The molecule has 2 rings (SSSR count). The smallest absolute Gasteiger partial charge is 0.264 e. The quantitative estimate of drug-likeness (QED) is 0.828. The van der Waals surface area contributed by atoms with E-state index in [0.717, 1.165) is 35.2 Å². The molecule has 116 valence electrons. The van der Waals surface area contributed by atoms with Crippen molar-refractivity contribution in [3.8, 4) is 0 Å². The zero-order valence-electron chi connectivity index (χ0n) is 11.8. The number of piperidine rings is 1. The molecule has 0 aromatic carbocycles. The minimum atomic E-state index is -0.0469. The summed E-state index contributed by atoms with van der Waals surface area (Å²) in [5, 5.41) is 4.79. The van der Waals surface area contributed by atoms with Crippen LogP contribution in [0.15, 0.2) is 15.9 Å². The monoisotopic (exact) mass is 373 g/mol. The molecule has 7 heteroatoms. The molecule has 1 fully saturated rings. The Bertz CT molecular complexity index is 506. The molecule has 1 aliphatic rings. The lowest BCUT2D eigenvalue weighted by molar-refractivity contribution is -0.121. The van der Waals surface area contributed by atoms with Crippen LogP contribution < -0.4 is 11.1 Å². The second-order valence-corrected chi connectivity index (χ2v) is 6.95. The first kappa shape index (κ1) is 16.5. The number of carbonyl (C=O) groups is 2. The third-order valence-corrected chi connectivity index (χ3v) is 5.25. The molecule has 1 saturated heterocycles. The van der Waals surface area contributed by atoms with E-state index in [4.69, 9.17) is 5.73 Å². The highest BCUT2D eigenvalue weighted by molar-refractivity contribution is 9.10. The van der Waals surface area contributed by atoms with Crippen molar-refractivity contribution >= 4 is 39.1 Å². The van der Waals surface area contributed by atoms with Crippen LogP contribution in [0.5, 0.6) is 0 Å². The number of amides is 2. The topological polar surface area (TPSA) is 75.4 Å². The summed E-state index contributed by atoms with van der Waals surface area (Å²) in [7, 11) is 0. The largest absolute Gasteiger partial charge is 0.354 e. The van der Waals surface area contributed by atoms with Crippen LogP contribution in [0.1, 0.15) is 35.4 Å². The predicted molar refractivity (Wildman–Crippen MR) is 87.4 cm³/mol. The van der Waals surface area contributed by atoms with Gasteiger partial charge in [-0.2, -0.15) is 0 Å². The molecule has 5 nitrogen and oxygen atoms in total. The van der Waals surface area contributed by atoms with Gasteiger partial charge in [0.1, 0.15) is 0 Å². The van der Waals surface area contributed by atoms with Gasteiger partial charge in [0.25, 0.3) is 5.91 Å². The van der Waals surface area contributed by atoms with Gasteiger partial charge in [-0.3, -0.25) is 9.59 Å². The number of halogens is 1. The Morgan fingerprint density at radius 3 is 2.95 bits per heavy atom. The summed E-state index contributed by atoms with van der Waals surface area (Å²) >= 11 is 4.82. The zero-order chi connectivity index (χ0) is 15.2. The second kappa shape index (κ2) is 7.91. The third kappa shape index (κ3) is 4.52. The van der Waals surface area contributed by atoms with E-state index in [-0.39, 0.29) is 17.9 Å². The number of rotatable bonds is 5. The molecule has 1 aliphatic heterocycles. The van der Waals surface area contributed by atoms with Crippen molar-refractivity contribution in [2.75, 3.05) is 19.6 Å². The van der Waals surface area contributed by atoms with Crippen molar-refractivity contribution in [1.82, 2.24) is 10.2 Å². The van der Waals surface area contributed by atoms with Crippen LogP contribution >= 0.6 is 27.3 Å². The molecule has 0 radical (unpaired) electrons. The van der Waals surface area contributed by atoms with Gasteiger partial charge < -0.3 is 16.0 Å². The normalized spacial score (nSPS) is 18.6. The molecule has 3 N–H and O–H groups in total. The zero-order valence-corrected chi connectivity index (χ0v) is 14.2. The molecule has 0 spiro atoms. The number of hydrogen-bond donors (Lipinski definition) is 2. The van der Waals surface area contributed by atoms with E-state index in [2.05, 4.69) is 21.2 Å². The summed E-state index contributed by atoms with van der Waals surface area (Å²) in [5.74, 6) is 0.0119. The third-order valence-electron chi connectivity index (χ3n) is 3.57. The first-order valence-electron chi connectivity index (χ1n) is 7.13. The van der Waals surface area contributed by atoms with Crippen molar-refractivity contribution in [2.24, 2.45) is 5.73 Å². The molecule has 2 amide bonds. The lowest BCUT2D eigenvalue weighted by atomic mass is 10.0. The number of nitrogens with two attached hydrogens (primary N) is 1. The number of nitrogens with one attached hydrogen (secondary N) is 1. The van der Waals surface area contributed by atoms with E-state index in [1.807, 2.05) is 16.3 Å². The first-order chi connectivity index (χ1) is 10.1. The molecule has 1 unspecified atom stereocenters. The maximum atomic E-state index is 12.6. The maximum absolute atomic E-state index is 12.6. The second-order valence-electron chi connectivity index (χ2n) is 5.12. The molecule has 0 aliphatic carbocycles. The summed E-state index contributed by atoms with van der Waals surface area (Å²) in [4.78, 5) is 26.7. The van der Waals surface area contributed by atoms with E-state index < -0.39 is 0 Å². The predicted octanol–water partition coefficient (Wildman–Crippen LogP) is 1.97. The van der Waals surface area contributed by atoms with E-state index in [1.54, 1.807) is 0 Å². The van der Waals surface area contributed by atoms with Crippen LogP contribution in [0, 0.1) is 0 Å². The molecule has 1 atom stereocenters. The highest BCUT2D eigenvalue weighted by Gasteiger charge is 2.28. The lowest BCUT2D eigenvalue weighted by Crippen LogP contribution is -2.49. The minimum Gasteiger partial charge on any atom is -0.354 e. The van der Waals surface area contributed by atoms with Gasteiger partial charge in [0.05, 0.1) is 4.88 Å². The standard InChI is InChI=1S/C14H20BrN3O2S/c15-10-7-12(21-9-10)14(20)18-6-2-1-3-11(18)8-17-13(19)4-5-16/h7,9,11H,1-6,8,16H2,(H,17,19). The number of hydrogen-bond acceptors (Lipinski definition) is 4. The van der Waals surface area contributed by atoms with Crippen molar-refractivity contribution in [1.29, 1.82) is 0 Å². The molecular weight excluding hydrogens is 354 g/mol. The van der Waals surface area contributed by atoms with E-state index >= 15 is 0 Å². The van der Waals surface area contributed by atoms with Crippen molar-refractivity contribution < 1.29 is 9.59 Å². The van der Waals surface area contributed by atoms with Crippen molar-refractivity contribution in [3.05, 3.63) is 20.8 Å². The van der Waals surface area contributed by atoms with Gasteiger partial charge in [-0.15, -0.1) is 11.3 Å². The Morgan fingerprint density at radius 2 is 2.29 bits per heavy atom. The molecule has 0 bridgehead atoms. The summed E-state index contributed by atoms with van der Waals surface area (Å²) in [6, 6.07) is 1.93. The van der Waals surface area contributed by atoms with E-state index in [9.17, 15) is 9.59 Å². The molecule has 2 heterocycles. The molecule has 1 aromatic heterocycles. The Labute approximate surface area is 137 Å². The molecule has 1 aromatic rings. The Hall–Kier alpha value is -0.920. The maximum Gasteiger partial charge on any atom is 0.264 e. The number of carbonyl (C=O) groups excluding carboxylic acids is 2. The fourth-order valence-corrected chi connectivity index (χ4v) is 3.88. The highest BCUT2D eigenvalue weighted by atomic mass is 79.9. The van der Waals surface area contributed by atoms with Crippen LogP contribution in [-0.2, 0) is 4.79 Å². The van der Waals surface area contributed by atoms with Crippen molar-refractivity contribution in [3.63, 3.8) is 0 Å². The van der Waals surface area contributed by atoms with Gasteiger partial charge in [-0.1, -0.05) is 0 Å². The van der Waals surface area contributed by atoms with Crippen LogP contribution in [0.25, 0.3) is 0 Å². The van der Waals surface area contributed by atoms with Gasteiger partial charge in [0.2, 0.25) is 5.91 Å². The van der Waals surface area contributed by atoms with Gasteiger partial charge in [0.15, 0.2) is 0 Å². The summed E-state index contributed by atoms with van der Waals surface area (Å²) < 4.78 is 0.931. The average molecular weight is 374 g/mol. The number of thiophene rings is 1. The minimum absolute atomic E-state index is 0.0469. The summed E-state index contributed by atoms with van der Waals surface area (Å²) in [5.41, 5.74) is 5.36. The SMILES string of the molecule is NCCC(=O)NCC1CCCCN1C(=O)c1cc(Br)cs1. The Morgan fingerprint density at radius 1 is 1.48 bits per heavy atom. The van der Waals surface area contributed by atoms with Crippen LogP contribution in [0.3, 0.4) is 0 Å². The van der Waals surface area contributed by atoms with E-state index in [1.165, 1.54) is 11.3 Å². The van der Waals surface area contributed by atoms with Crippen LogP contribution in [0.2, 0.25) is 0 Å². The van der Waals surface area contributed by atoms with E-state index in [0.29, 0.717) is 19.5 Å². The highest BCUT2D eigenvalue weighted by Crippen LogP contribution is 2.25. The average Bonchev–Trinajstić information content (AvgIpc) is 2.91. The number of nitrogens with zero attached hydrogens (tertiary/aromatic N) is 1. The summed E-state index contributed by atoms with van der Waals surface area (Å²) in [6.45, 7) is 1.62. The summed E-state index contributed by atoms with van der Waals surface area (Å²) in [6.07, 6.45) is 3.38. The molecule has 0 saturated carbocycles. The van der Waals surface area contributed by atoms with Gasteiger partial charge in [-0.25, -0.2) is 0 Å². The Balaban J connectivity index is 1.98. The van der Waals surface area contributed by atoms with Gasteiger partial charge in [0, 0.05) is 41.9 Å². The Kier molecular flexibility index (Phi) is 6.20. The lowest BCUT2D eigenvalue weighted by Gasteiger charge is -2.35. The molecular formula is C14H20BrN3O2S. The molecule has 21 heavy (non-hydrogen) atoms. The first-order valence-corrected chi connectivity index (χ1v) is 8.81. The van der Waals surface area contributed by atoms with Crippen LogP contribution in [0.4, 0.5) is 0 Å². The fraction of sp³-hybridized carbons (Fsp3) is 0.571. The fourth-order valence-electron chi connectivity index (χ4n) is 2.50. The van der Waals surface area contributed by atoms with Gasteiger partial charge >= 0.3 is 0 Å². The number of likely N-dealkylation sites (tertiary alicyclic amines) is 1. The van der Waals surface area contributed by atoms with Gasteiger partial charge in [-0.05, 0) is 41.3 Å².